The predicted octanol–water partition coefficient (Wildman–Crippen LogP) is 1.05. The summed E-state index contributed by atoms with van der Waals surface area (Å²) in [6.07, 6.45) is -5.94. The van der Waals surface area contributed by atoms with Crippen molar-refractivity contribution in [2.24, 2.45) is 11.8 Å². The number of ether oxygens (including phenoxy) is 4. The Balaban J connectivity index is 1.08. The fraction of sp³-hybridized carbons (Fsp3) is 0.534. The molecule has 0 bridgehead atoms. The summed E-state index contributed by atoms with van der Waals surface area (Å²) in [5.74, 6) is -8.59. The lowest BCUT2D eigenvalue weighted by Gasteiger charge is -2.43. The first kappa shape index (κ1) is 62.3. The number of likely N-dealkylation sites (tertiary alicyclic amines) is 1. The van der Waals surface area contributed by atoms with Crippen molar-refractivity contribution in [3.8, 4) is 17.2 Å². The van der Waals surface area contributed by atoms with Crippen LogP contribution >= 0.6 is 0 Å². The number of carbonyl (C=O) groups excluding carboxylic acids is 9. The average molecular weight is 1140 g/mol. The highest BCUT2D eigenvalue weighted by Crippen LogP contribution is 2.52. The van der Waals surface area contributed by atoms with Gasteiger partial charge in [0.15, 0.2) is 17.9 Å². The topological polar surface area (TPSA) is 355 Å². The molecule has 24 heteroatoms. The zero-order valence-electron chi connectivity index (χ0n) is 46.9. The van der Waals surface area contributed by atoms with E-state index in [-0.39, 0.29) is 71.6 Å². The summed E-state index contributed by atoms with van der Waals surface area (Å²) in [5, 5.41) is 70.4. The number of benzene rings is 3. The molecule has 444 valence electrons. The third-order valence-electron chi connectivity index (χ3n) is 15.2. The standard InChI is InChI=1S/C58H74N6O18/c1-28(2)19-36(63-57(77)39-16-12-18-64(39)31(6)66)54(74)59-24-43(68)60-38(27-80-26-32-13-9-8-10-14-32)56(76)62-37(20-29(3)4)55(75)61-35-21-44(81-30(5)49(35)69)82-41-23-58(78,42(67)25-65)22-34-46(41)53(73)48-47(51(34)71)50(70)33-15-11-17-40(79-7)45(33)52(48)72/h8-11,13-15,17,28-30,35-39,41,44,49,65,69,71,73,78H,12,16,18-27H2,1-7H3,(H,59,74)(H,60,68)(H,61,75)(H,62,76)(H,63,77)/t30-,35-,36-,37-,38-,39-,41-,44-,49+,58-/m0/s1. The number of nitrogens with one attached hydrogen (secondary N) is 5. The molecule has 2 fully saturated rings. The molecular formula is C58H74N6O18. The first-order valence-electron chi connectivity index (χ1n) is 27.5. The largest absolute Gasteiger partial charge is 0.507 e. The first-order valence-corrected chi connectivity index (χ1v) is 27.5. The van der Waals surface area contributed by atoms with E-state index in [2.05, 4.69) is 26.6 Å². The van der Waals surface area contributed by atoms with Crippen LogP contribution in [0.4, 0.5) is 0 Å². The molecule has 2 heterocycles. The van der Waals surface area contributed by atoms with Crippen LogP contribution in [0.3, 0.4) is 0 Å². The van der Waals surface area contributed by atoms with Crippen LogP contribution in [0.15, 0.2) is 48.5 Å². The number of aliphatic hydroxyl groups is 3. The number of Topliss-reactive ketones (excluding diaryl/α,β-unsaturated/α-hetero) is 1. The van der Waals surface area contributed by atoms with E-state index in [1.54, 1.807) is 38.1 Å². The second-order valence-corrected chi connectivity index (χ2v) is 22.2. The molecule has 4 aliphatic rings. The van der Waals surface area contributed by atoms with E-state index in [0.717, 1.165) is 5.56 Å². The molecule has 3 aromatic carbocycles. The molecule has 3 aromatic rings. The Kier molecular flexibility index (Phi) is 20.3. The zero-order chi connectivity index (χ0) is 59.9. The number of aliphatic hydroxyl groups excluding tert-OH is 2. The summed E-state index contributed by atoms with van der Waals surface area (Å²) >= 11 is 0. The molecule has 6 amide bonds. The number of rotatable bonds is 23. The molecule has 24 nitrogen and oxygen atoms in total. The van der Waals surface area contributed by atoms with Gasteiger partial charge in [0.1, 0.15) is 59.7 Å². The second kappa shape index (κ2) is 26.7. The van der Waals surface area contributed by atoms with Gasteiger partial charge in [-0.2, -0.15) is 0 Å². The van der Waals surface area contributed by atoms with Crippen LogP contribution in [0.1, 0.15) is 135 Å². The Morgan fingerprint density at radius 1 is 0.829 bits per heavy atom. The summed E-state index contributed by atoms with van der Waals surface area (Å²) < 4.78 is 23.6. The van der Waals surface area contributed by atoms with E-state index in [4.69, 9.17) is 18.9 Å². The van der Waals surface area contributed by atoms with Crippen LogP contribution in [0.2, 0.25) is 0 Å². The summed E-state index contributed by atoms with van der Waals surface area (Å²) in [7, 11) is 1.28. The third kappa shape index (κ3) is 13.9. The summed E-state index contributed by atoms with van der Waals surface area (Å²) in [6.45, 7) is 8.40. The molecule has 0 aromatic heterocycles. The van der Waals surface area contributed by atoms with Crippen molar-refractivity contribution in [2.75, 3.05) is 33.4 Å². The maximum absolute atomic E-state index is 14.4. The van der Waals surface area contributed by atoms with Gasteiger partial charge >= 0.3 is 0 Å². The first-order chi connectivity index (χ1) is 38.9. The Labute approximate surface area is 474 Å². The number of fused-ring (bicyclic) bond motifs is 3. The van der Waals surface area contributed by atoms with Gasteiger partial charge in [-0.1, -0.05) is 70.2 Å². The van der Waals surface area contributed by atoms with Crippen LogP contribution in [0.25, 0.3) is 0 Å². The maximum atomic E-state index is 14.4. The number of nitrogens with zero attached hydrogens (tertiary/aromatic N) is 1. The van der Waals surface area contributed by atoms with Crippen molar-refractivity contribution >= 4 is 52.8 Å². The normalized spacial score (nSPS) is 23.1. The lowest BCUT2D eigenvalue weighted by Crippen LogP contribution is -2.60. The van der Waals surface area contributed by atoms with Crippen molar-refractivity contribution in [3.63, 3.8) is 0 Å². The number of hydrogen-bond acceptors (Lipinski definition) is 18. The molecule has 0 radical (unpaired) electrons. The number of methoxy groups -OCH3 is 1. The zero-order valence-corrected chi connectivity index (χ0v) is 46.9. The van der Waals surface area contributed by atoms with Crippen molar-refractivity contribution in [1.82, 2.24) is 31.5 Å². The molecule has 0 unspecified atom stereocenters. The van der Waals surface area contributed by atoms with Gasteiger partial charge in [-0.15, -0.1) is 0 Å². The fourth-order valence-electron chi connectivity index (χ4n) is 11.1. The van der Waals surface area contributed by atoms with Crippen molar-refractivity contribution in [3.05, 3.63) is 87.5 Å². The Bertz CT molecular complexity index is 2930. The Morgan fingerprint density at radius 3 is 2.15 bits per heavy atom. The minimum absolute atomic E-state index is 0.0120. The van der Waals surface area contributed by atoms with E-state index < -0.39 is 163 Å². The van der Waals surface area contributed by atoms with Crippen LogP contribution in [-0.2, 0) is 60.8 Å². The van der Waals surface area contributed by atoms with Crippen LogP contribution in [-0.4, -0.2) is 171 Å². The minimum atomic E-state index is -2.45. The molecule has 82 heavy (non-hydrogen) atoms. The smallest absolute Gasteiger partial charge is 0.245 e. The highest BCUT2D eigenvalue weighted by Gasteiger charge is 2.51. The molecule has 10 atom stereocenters. The number of carbonyl (C=O) groups is 9. The molecule has 0 spiro atoms. The van der Waals surface area contributed by atoms with Gasteiger partial charge in [-0.05, 0) is 56.1 Å². The van der Waals surface area contributed by atoms with E-state index >= 15 is 0 Å². The molecule has 7 rings (SSSR count). The molecule has 10 N–H and O–H groups in total. The average Bonchev–Trinajstić information content (AvgIpc) is 1.58. The lowest BCUT2D eigenvalue weighted by molar-refractivity contribution is -0.249. The van der Waals surface area contributed by atoms with Gasteiger partial charge in [0.05, 0.1) is 61.8 Å². The molecule has 2 saturated heterocycles. The molecule has 2 aliphatic heterocycles. The molecular weight excluding hydrogens is 1070 g/mol. The van der Waals surface area contributed by atoms with Crippen LogP contribution in [0, 0.1) is 11.8 Å². The van der Waals surface area contributed by atoms with E-state index in [0.29, 0.717) is 19.4 Å². The molecule has 2 aliphatic carbocycles. The number of aromatic hydroxyl groups is 2. The van der Waals surface area contributed by atoms with Gasteiger partial charge in [-0.25, -0.2) is 0 Å². The van der Waals surface area contributed by atoms with Crippen molar-refractivity contribution in [2.45, 2.75) is 154 Å². The van der Waals surface area contributed by atoms with Gasteiger partial charge in [0.25, 0.3) is 0 Å². The van der Waals surface area contributed by atoms with Gasteiger partial charge in [0.2, 0.25) is 41.2 Å². The minimum Gasteiger partial charge on any atom is -0.507 e. The van der Waals surface area contributed by atoms with Crippen molar-refractivity contribution < 1.29 is 87.6 Å². The van der Waals surface area contributed by atoms with Crippen LogP contribution in [0.5, 0.6) is 17.2 Å². The summed E-state index contributed by atoms with van der Waals surface area (Å²) in [5.41, 5.74) is -3.79. The summed E-state index contributed by atoms with van der Waals surface area (Å²) in [4.78, 5) is 124. The number of ketones is 3. The lowest BCUT2D eigenvalue weighted by atomic mass is 9.72. The Hall–Kier alpha value is -7.35. The Morgan fingerprint density at radius 2 is 1.50 bits per heavy atom. The number of amides is 6. The quantitative estimate of drug-likeness (QED) is 0.0464. The van der Waals surface area contributed by atoms with Gasteiger partial charge in [0, 0.05) is 49.4 Å². The van der Waals surface area contributed by atoms with Crippen LogP contribution < -0.4 is 31.3 Å². The monoisotopic (exact) mass is 1140 g/mol. The van der Waals surface area contributed by atoms with E-state index in [9.17, 15) is 68.7 Å². The van der Waals surface area contributed by atoms with Gasteiger partial charge < -0.3 is 76.0 Å². The van der Waals surface area contributed by atoms with Gasteiger partial charge in [-0.3, -0.25) is 43.2 Å². The van der Waals surface area contributed by atoms with Crippen molar-refractivity contribution in [1.29, 1.82) is 0 Å². The highest BCUT2D eigenvalue weighted by atomic mass is 16.7. The number of phenols is 2. The SMILES string of the molecule is COc1cccc2c1C(=O)c1c(O)c3c(c(O)c1C2=O)C[C@@](O)(C(=O)CO)C[C@@H]3O[C@H]1C[C@H](NC(=O)[C@H](CC(C)C)NC(=O)[C@H](COCc2ccccc2)NC(=O)CNC(=O)[C@H](CC(C)C)NC(=O)[C@@H]2CCCN2C(C)=O)[C@H](O)[C@H](C)O1. The number of phenolic OH excluding ortho intramolecular Hbond substituents is 2. The number of hydrogen-bond donors (Lipinski definition) is 10. The second-order valence-electron chi connectivity index (χ2n) is 22.2. The fourth-order valence-corrected chi connectivity index (χ4v) is 11.1. The predicted molar refractivity (Wildman–Crippen MR) is 290 cm³/mol. The summed E-state index contributed by atoms with van der Waals surface area (Å²) in [6, 6.07) is 7.48. The van der Waals surface area contributed by atoms with E-state index in [1.165, 1.54) is 44.1 Å². The maximum Gasteiger partial charge on any atom is 0.245 e. The third-order valence-corrected chi connectivity index (χ3v) is 15.2. The molecule has 0 saturated carbocycles. The van der Waals surface area contributed by atoms with E-state index in [1.807, 2.05) is 19.9 Å². The highest BCUT2D eigenvalue weighted by molar-refractivity contribution is 6.31.